The first-order chi connectivity index (χ1) is 4.68. The van der Waals surface area contributed by atoms with E-state index in [2.05, 4.69) is 27.7 Å². The van der Waals surface area contributed by atoms with Crippen molar-refractivity contribution in [3.63, 3.8) is 0 Å². The average molecular weight is 190 g/mol. The normalized spacial score (nSPS) is 10.8. The molecule has 0 aromatic rings. The maximum atomic E-state index is 2.36. The van der Waals surface area contributed by atoms with Gasteiger partial charge in [-0.25, -0.2) is 0 Å². The summed E-state index contributed by atoms with van der Waals surface area (Å²) < 4.78 is 0. The highest BCUT2D eigenvalue weighted by Gasteiger charge is 2.04. The fourth-order valence-corrected chi connectivity index (χ4v) is 1.05. The minimum Gasteiger partial charge on any atom is -0.0776 e. The molecule has 0 aliphatic heterocycles. The van der Waals surface area contributed by atoms with Gasteiger partial charge in [-0.1, -0.05) is 75.7 Å². The van der Waals surface area contributed by atoms with E-state index in [-0.39, 0.29) is 22.3 Å². The molecule has 0 radical (unpaired) electrons. The molecule has 0 saturated carbocycles. The highest BCUT2D eigenvalue weighted by molar-refractivity contribution is 4.56. The molecule has 0 amide bonds. The quantitative estimate of drug-likeness (QED) is 0.483. The molecule has 13 heavy (non-hydrogen) atoms. The number of rotatable bonds is 5. The molecule has 0 aromatic heterocycles. The first kappa shape index (κ1) is 23.1. The molecule has 0 N–H and O–H groups in total. The summed E-state index contributed by atoms with van der Waals surface area (Å²) in [5, 5.41) is 0. The van der Waals surface area contributed by atoms with Gasteiger partial charge in [-0.2, -0.15) is 0 Å². The zero-order valence-electron chi connectivity index (χ0n) is 7.98. The molecule has 1 unspecified atom stereocenters. The minimum atomic E-state index is 0. The molecule has 0 aliphatic carbocycles. The Morgan fingerprint density at radius 2 is 1.31 bits per heavy atom. The second kappa shape index (κ2) is 14.5. The van der Waals surface area contributed by atoms with Gasteiger partial charge in [0.05, 0.1) is 0 Å². The summed E-state index contributed by atoms with van der Waals surface area (Å²) in [4.78, 5) is 0. The van der Waals surface area contributed by atoms with Gasteiger partial charge in [0.25, 0.3) is 0 Å². The van der Waals surface area contributed by atoms with E-state index in [1.807, 2.05) is 0 Å². The Labute approximate surface area is 88.1 Å². The zero-order chi connectivity index (χ0) is 7.98. The van der Waals surface area contributed by atoms with Crippen molar-refractivity contribution < 1.29 is 0 Å². The molecular weight excluding hydrogens is 156 g/mol. The van der Waals surface area contributed by atoms with E-state index in [1.54, 1.807) is 0 Å². The van der Waals surface area contributed by atoms with Crippen LogP contribution < -0.4 is 0 Å². The summed E-state index contributed by atoms with van der Waals surface area (Å²) in [6.45, 7) is 9.26. The van der Waals surface area contributed by atoms with Crippen LogP contribution in [0.2, 0.25) is 0 Å². The predicted molar refractivity (Wildman–Crippen MR) is 68.3 cm³/mol. The van der Waals surface area contributed by atoms with E-state index < -0.39 is 0 Å². The second-order valence-electron chi connectivity index (χ2n) is 3.72. The Bertz CT molecular complexity index is 64.4. The fourth-order valence-electron chi connectivity index (χ4n) is 1.05. The molecule has 0 aromatic carbocycles. The minimum absolute atomic E-state index is 0. The van der Waals surface area contributed by atoms with Crippen LogP contribution in [0.4, 0.5) is 0 Å². The molecule has 86 valence electrons. The van der Waals surface area contributed by atoms with E-state index in [0.717, 1.165) is 11.8 Å². The third-order valence-corrected chi connectivity index (χ3v) is 2.40. The SMILES string of the molecule is C.C.C.CCCCCC(C)C(C)C. The Morgan fingerprint density at radius 3 is 1.62 bits per heavy atom. The maximum absolute atomic E-state index is 2.36. The summed E-state index contributed by atoms with van der Waals surface area (Å²) >= 11 is 0. The second-order valence-corrected chi connectivity index (χ2v) is 3.72. The van der Waals surface area contributed by atoms with Crippen LogP contribution in [0.5, 0.6) is 0 Å². The van der Waals surface area contributed by atoms with Gasteiger partial charge in [-0.05, 0) is 11.8 Å². The highest BCUT2D eigenvalue weighted by atomic mass is 14.1. The number of unbranched alkanes of at least 4 members (excludes halogenated alkanes) is 2. The first-order valence-corrected chi connectivity index (χ1v) is 4.68. The van der Waals surface area contributed by atoms with E-state index in [4.69, 9.17) is 0 Å². The van der Waals surface area contributed by atoms with Crippen molar-refractivity contribution in [2.24, 2.45) is 11.8 Å². The Balaban J connectivity index is -0.000000135. The van der Waals surface area contributed by atoms with Crippen LogP contribution in [-0.4, -0.2) is 0 Å². The summed E-state index contributed by atoms with van der Waals surface area (Å²) in [7, 11) is 0. The van der Waals surface area contributed by atoms with E-state index in [9.17, 15) is 0 Å². The Kier molecular flexibility index (Phi) is 25.8. The van der Waals surface area contributed by atoms with Crippen molar-refractivity contribution in [2.75, 3.05) is 0 Å². The number of hydrogen-bond donors (Lipinski definition) is 0. The lowest BCUT2D eigenvalue weighted by Crippen LogP contribution is -2.02. The predicted octanol–water partition coefficient (Wildman–Crippen LogP) is 5.77. The zero-order valence-corrected chi connectivity index (χ0v) is 7.98. The molecular formula is C13H34. The average Bonchev–Trinajstić information content (AvgIpc) is 1.88. The summed E-state index contributed by atoms with van der Waals surface area (Å²) in [6, 6.07) is 0. The van der Waals surface area contributed by atoms with Crippen molar-refractivity contribution in [3.8, 4) is 0 Å². The van der Waals surface area contributed by atoms with Crippen LogP contribution in [0.15, 0.2) is 0 Å². The molecule has 0 saturated heterocycles. The summed E-state index contributed by atoms with van der Waals surface area (Å²) in [6.07, 6.45) is 5.61. The van der Waals surface area contributed by atoms with Crippen LogP contribution in [0.3, 0.4) is 0 Å². The van der Waals surface area contributed by atoms with E-state index in [0.29, 0.717) is 0 Å². The van der Waals surface area contributed by atoms with Crippen LogP contribution in [-0.2, 0) is 0 Å². The lowest BCUT2D eigenvalue weighted by molar-refractivity contribution is 0.377. The molecule has 0 rings (SSSR count). The highest BCUT2D eigenvalue weighted by Crippen LogP contribution is 2.17. The lowest BCUT2D eigenvalue weighted by atomic mass is 9.92. The third kappa shape index (κ3) is 14.8. The van der Waals surface area contributed by atoms with Crippen LogP contribution >= 0.6 is 0 Å². The van der Waals surface area contributed by atoms with Gasteiger partial charge in [0.15, 0.2) is 0 Å². The molecule has 0 spiro atoms. The van der Waals surface area contributed by atoms with Crippen molar-refractivity contribution >= 4 is 0 Å². The largest absolute Gasteiger partial charge is 0.0776 e. The van der Waals surface area contributed by atoms with Gasteiger partial charge in [-0.3, -0.25) is 0 Å². The summed E-state index contributed by atoms with van der Waals surface area (Å²) in [5.41, 5.74) is 0. The topological polar surface area (TPSA) is 0 Å². The number of hydrogen-bond acceptors (Lipinski definition) is 0. The molecule has 1 atom stereocenters. The molecule has 0 bridgehead atoms. The first-order valence-electron chi connectivity index (χ1n) is 4.68. The summed E-state index contributed by atoms with van der Waals surface area (Å²) in [5.74, 6) is 1.79. The molecule has 0 heterocycles. The van der Waals surface area contributed by atoms with Gasteiger partial charge in [0, 0.05) is 0 Å². The van der Waals surface area contributed by atoms with Gasteiger partial charge >= 0.3 is 0 Å². The maximum Gasteiger partial charge on any atom is -0.0420 e. The molecule has 0 fully saturated rings. The van der Waals surface area contributed by atoms with E-state index >= 15 is 0 Å². The van der Waals surface area contributed by atoms with Gasteiger partial charge in [0.2, 0.25) is 0 Å². The van der Waals surface area contributed by atoms with Crippen LogP contribution in [0.1, 0.15) is 75.7 Å². The third-order valence-electron chi connectivity index (χ3n) is 2.40. The molecule has 0 aliphatic rings. The van der Waals surface area contributed by atoms with Crippen molar-refractivity contribution in [3.05, 3.63) is 0 Å². The standard InChI is InChI=1S/C10H22.3CH4/c1-5-6-7-8-10(4)9(2)3;;;/h9-10H,5-8H2,1-4H3;3*1H4. The molecule has 0 heteroatoms. The van der Waals surface area contributed by atoms with Gasteiger partial charge < -0.3 is 0 Å². The smallest absolute Gasteiger partial charge is 0.0420 e. The van der Waals surface area contributed by atoms with Gasteiger partial charge in [0.1, 0.15) is 0 Å². The van der Waals surface area contributed by atoms with Crippen LogP contribution in [0.25, 0.3) is 0 Å². The van der Waals surface area contributed by atoms with Crippen molar-refractivity contribution in [1.82, 2.24) is 0 Å². The molecule has 0 nitrogen and oxygen atoms in total. The van der Waals surface area contributed by atoms with E-state index in [1.165, 1.54) is 25.7 Å². The van der Waals surface area contributed by atoms with Crippen molar-refractivity contribution in [2.45, 2.75) is 75.7 Å². The van der Waals surface area contributed by atoms with Crippen molar-refractivity contribution in [1.29, 1.82) is 0 Å². The van der Waals surface area contributed by atoms with Crippen LogP contribution in [0, 0.1) is 11.8 Å². The lowest BCUT2D eigenvalue weighted by Gasteiger charge is -2.14. The monoisotopic (exact) mass is 190 g/mol. The Morgan fingerprint density at radius 1 is 0.846 bits per heavy atom. The van der Waals surface area contributed by atoms with Gasteiger partial charge in [-0.15, -0.1) is 0 Å². The Hall–Kier alpha value is 0. The fraction of sp³-hybridized carbons (Fsp3) is 1.00.